The maximum Gasteiger partial charge on any atom is 0.293 e. The molecule has 35 heavy (non-hydrogen) atoms. The number of morpholine rings is 1. The molecule has 3 aromatic heterocycles. The number of fused-ring (bicyclic) bond motifs is 1. The molecule has 0 bridgehead atoms. The number of benzene rings is 1. The summed E-state index contributed by atoms with van der Waals surface area (Å²) in [5.74, 6) is 0.109. The molecule has 0 N–H and O–H groups in total. The van der Waals surface area contributed by atoms with Crippen LogP contribution in [0.4, 0.5) is 10.2 Å². The van der Waals surface area contributed by atoms with Gasteiger partial charge in [-0.05, 0) is 49.6 Å². The van der Waals surface area contributed by atoms with E-state index in [1.807, 2.05) is 23.9 Å². The summed E-state index contributed by atoms with van der Waals surface area (Å²) in [5, 5.41) is 9.44. The summed E-state index contributed by atoms with van der Waals surface area (Å²) in [6.45, 7) is 3.13. The van der Waals surface area contributed by atoms with Crippen molar-refractivity contribution in [2.24, 2.45) is 7.05 Å². The van der Waals surface area contributed by atoms with E-state index < -0.39 is 5.82 Å². The van der Waals surface area contributed by atoms with Crippen LogP contribution in [-0.4, -0.2) is 43.7 Å². The number of rotatable bonds is 4. The molecular formula is C25H24ClFN6O2. The molecule has 4 aromatic rings. The van der Waals surface area contributed by atoms with Crippen molar-refractivity contribution >= 4 is 28.3 Å². The number of nitrogens with zero attached hydrogens (tertiary/aromatic N) is 6. The molecule has 180 valence electrons. The third kappa shape index (κ3) is 4.08. The van der Waals surface area contributed by atoms with Gasteiger partial charge in [-0.25, -0.2) is 14.1 Å². The predicted octanol–water partition coefficient (Wildman–Crippen LogP) is 4.29. The summed E-state index contributed by atoms with van der Waals surface area (Å²) in [6, 6.07) is 6.82. The van der Waals surface area contributed by atoms with Crippen molar-refractivity contribution < 1.29 is 9.13 Å². The Hall–Kier alpha value is -3.30. The fourth-order valence-corrected chi connectivity index (χ4v) is 4.82. The first-order valence-corrected chi connectivity index (χ1v) is 12.0. The molecule has 0 unspecified atom stereocenters. The summed E-state index contributed by atoms with van der Waals surface area (Å²) in [6.07, 6.45) is 7.51. The SMILES string of the molecule is C[C@@H]1CN(c2cc(-c3ccc(Cl)cc3F)c3cnn(C)c(=O)c3n2)C[C@H](c2cnn(C3CC3)c2)O1. The Morgan fingerprint density at radius 3 is 2.71 bits per heavy atom. The topological polar surface area (TPSA) is 78.1 Å². The molecule has 0 radical (unpaired) electrons. The standard InChI is InChI=1S/C25H24ClFN6O2/c1-14-11-32(13-22(35-14)15-9-29-33(12-15)17-4-5-17)23-8-19(18-6-3-16(26)7-21(18)27)20-10-28-31(2)25(34)24(20)30-23/h3,6-10,12,14,17,22H,4-5,11,13H2,1-2H3/t14-,22-/m1/s1. The quantitative estimate of drug-likeness (QED) is 0.421. The van der Waals surface area contributed by atoms with E-state index in [2.05, 4.69) is 21.3 Å². The first-order chi connectivity index (χ1) is 16.9. The van der Waals surface area contributed by atoms with Crippen LogP contribution in [0, 0.1) is 5.82 Å². The fourth-order valence-electron chi connectivity index (χ4n) is 4.66. The zero-order valence-electron chi connectivity index (χ0n) is 19.4. The predicted molar refractivity (Wildman–Crippen MR) is 131 cm³/mol. The number of halogens is 2. The molecule has 2 aliphatic rings. The van der Waals surface area contributed by atoms with Gasteiger partial charge in [0.15, 0.2) is 0 Å². The number of hydrogen-bond acceptors (Lipinski definition) is 6. The lowest BCUT2D eigenvalue weighted by Crippen LogP contribution is -2.43. The maximum atomic E-state index is 15.0. The summed E-state index contributed by atoms with van der Waals surface area (Å²) in [7, 11) is 1.57. The van der Waals surface area contributed by atoms with E-state index in [9.17, 15) is 9.18 Å². The van der Waals surface area contributed by atoms with Crippen LogP contribution in [0.3, 0.4) is 0 Å². The summed E-state index contributed by atoms with van der Waals surface area (Å²) < 4.78 is 24.5. The Balaban J connectivity index is 1.45. The third-order valence-electron chi connectivity index (χ3n) is 6.62. The number of aryl methyl sites for hydroxylation is 1. The Bertz CT molecular complexity index is 1500. The van der Waals surface area contributed by atoms with Crippen molar-refractivity contribution in [1.29, 1.82) is 0 Å². The van der Waals surface area contributed by atoms with Gasteiger partial charge in [0.2, 0.25) is 0 Å². The van der Waals surface area contributed by atoms with E-state index in [0.29, 0.717) is 46.5 Å². The Morgan fingerprint density at radius 1 is 1.11 bits per heavy atom. The number of pyridine rings is 1. The van der Waals surface area contributed by atoms with Crippen LogP contribution < -0.4 is 10.5 Å². The zero-order valence-corrected chi connectivity index (χ0v) is 20.1. The first-order valence-electron chi connectivity index (χ1n) is 11.6. The highest BCUT2D eigenvalue weighted by Gasteiger charge is 2.31. The Kier molecular flexibility index (Phi) is 5.34. The van der Waals surface area contributed by atoms with Crippen LogP contribution >= 0.6 is 11.6 Å². The van der Waals surface area contributed by atoms with Gasteiger partial charge in [-0.1, -0.05) is 11.6 Å². The molecule has 1 saturated carbocycles. The lowest BCUT2D eigenvalue weighted by Gasteiger charge is -2.37. The summed E-state index contributed by atoms with van der Waals surface area (Å²) in [4.78, 5) is 19.8. The minimum atomic E-state index is -0.475. The van der Waals surface area contributed by atoms with E-state index in [-0.39, 0.29) is 23.3 Å². The second-order valence-electron chi connectivity index (χ2n) is 9.31. The van der Waals surface area contributed by atoms with Crippen molar-refractivity contribution in [2.45, 2.75) is 38.0 Å². The van der Waals surface area contributed by atoms with Crippen LogP contribution in [0.5, 0.6) is 0 Å². The molecule has 1 aliphatic heterocycles. The van der Waals surface area contributed by atoms with Gasteiger partial charge in [0.25, 0.3) is 5.56 Å². The van der Waals surface area contributed by atoms with Gasteiger partial charge in [0, 0.05) is 41.3 Å². The molecule has 4 heterocycles. The van der Waals surface area contributed by atoms with E-state index in [4.69, 9.17) is 21.3 Å². The summed E-state index contributed by atoms with van der Waals surface area (Å²) in [5.41, 5.74) is 1.78. The van der Waals surface area contributed by atoms with Crippen LogP contribution in [0.2, 0.25) is 5.02 Å². The first kappa shape index (κ1) is 22.2. The number of anilines is 1. The smallest absolute Gasteiger partial charge is 0.293 e. The van der Waals surface area contributed by atoms with E-state index in [0.717, 1.165) is 18.4 Å². The molecular weight excluding hydrogens is 471 g/mol. The normalized spacial score (nSPS) is 20.5. The van der Waals surface area contributed by atoms with Crippen LogP contribution in [0.15, 0.2) is 47.7 Å². The van der Waals surface area contributed by atoms with Crippen molar-refractivity contribution in [1.82, 2.24) is 24.5 Å². The molecule has 1 aromatic carbocycles. The molecule has 2 atom stereocenters. The molecule has 1 saturated heterocycles. The van der Waals surface area contributed by atoms with Crippen molar-refractivity contribution in [3.05, 3.63) is 69.6 Å². The maximum absolute atomic E-state index is 15.0. The van der Waals surface area contributed by atoms with Gasteiger partial charge in [-0.3, -0.25) is 9.48 Å². The molecule has 2 fully saturated rings. The molecule has 8 nitrogen and oxygen atoms in total. The van der Waals surface area contributed by atoms with E-state index in [1.165, 1.54) is 10.7 Å². The summed E-state index contributed by atoms with van der Waals surface area (Å²) >= 11 is 5.99. The average Bonchev–Trinajstić information content (AvgIpc) is 3.57. The number of ether oxygens (including phenoxy) is 1. The number of aromatic nitrogens is 5. The van der Waals surface area contributed by atoms with Gasteiger partial charge >= 0.3 is 0 Å². The second-order valence-corrected chi connectivity index (χ2v) is 9.75. The van der Waals surface area contributed by atoms with Crippen LogP contribution in [0.1, 0.15) is 37.5 Å². The van der Waals surface area contributed by atoms with Crippen molar-refractivity contribution in [3.63, 3.8) is 0 Å². The van der Waals surface area contributed by atoms with Gasteiger partial charge in [0.05, 0.1) is 31.1 Å². The molecule has 0 amide bonds. The minimum Gasteiger partial charge on any atom is -0.367 e. The van der Waals surface area contributed by atoms with Gasteiger partial charge < -0.3 is 9.64 Å². The van der Waals surface area contributed by atoms with Crippen molar-refractivity contribution in [2.75, 3.05) is 18.0 Å². The molecule has 0 spiro atoms. The van der Waals surface area contributed by atoms with Gasteiger partial charge in [-0.15, -0.1) is 0 Å². The second kappa shape index (κ2) is 8.42. The van der Waals surface area contributed by atoms with Gasteiger partial charge in [0.1, 0.15) is 23.3 Å². The molecule has 1 aliphatic carbocycles. The minimum absolute atomic E-state index is 0.0773. The number of hydrogen-bond donors (Lipinski definition) is 0. The highest BCUT2D eigenvalue weighted by molar-refractivity contribution is 6.30. The van der Waals surface area contributed by atoms with Crippen molar-refractivity contribution in [3.8, 4) is 11.1 Å². The van der Waals surface area contributed by atoms with Crippen LogP contribution in [-0.2, 0) is 11.8 Å². The lowest BCUT2D eigenvalue weighted by molar-refractivity contribution is -0.0176. The highest BCUT2D eigenvalue weighted by atomic mass is 35.5. The van der Waals surface area contributed by atoms with E-state index >= 15 is 0 Å². The average molecular weight is 495 g/mol. The Labute approximate surface area is 205 Å². The largest absolute Gasteiger partial charge is 0.367 e. The lowest BCUT2D eigenvalue weighted by atomic mass is 10.0. The fraction of sp³-hybridized carbons (Fsp3) is 0.360. The van der Waals surface area contributed by atoms with E-state index in [1.54, 1.807) is 25.4 Å². The monoisotopic (exact) mass is 494 g/mol. The third-order valence-corrected chi connectivity index (χ3v) is 6.86. The molecule has 10 heteroatoms. The Morgan fingerprint density at radius 2 is 1.94 bits per heavy atom. The van der Waals surface area contributed by atoms with Gasteiger partial charge in [-0.2, -0.15) is 10.2 Å². The van der Waals surface area contributed by atoms with Crippen LogP contribution in [0.25, 0.3) is 22.0 Å². The zero-order chi connectivity index (χ0) is 24.3. The highest BCUT2D eigenvalue weighted by Crippen LogP contribution is 2.37. The molecule has 6 rings (SSSR count).